The second-order valence-corrected chi connectivity index (χ2v) is 5.78. The van der Waals surface area contributed by atoms with Gasteiger partial charge in [0.2, 0.25) is 0 Å². The monoisotopic (exact) mass is 259 g/mol. The van der Waals surface area contributed by atoms with Crippen LogP contribution in [0.1, 0.15) is 27.2 Å². The highest BCUT2D eigenvalue weighted by atomic mass is 35.5. The number of hydrogen-bond acceptors (Lipinski definition) is 3. The molecule has 1 fully saturated rings. The smallest absolute Gasteiger partial charge is 0.410 e. The summed E-state index contributed by atoms with van der Waals surface area (Å²) in [7, 11) is 0. The van der Waals surface area contributed by atoms with E-state index in [0.29, 0.717) is 18.1 Å². The highest BCUT2D eigenvalue weighted by Crippen LogP contribution is 2.22. The van der Waals surface area contributed by atoms with E-state index < -0.39 is 5.60 Å². The summed E-state index contributed by atoms with van der Waals surface area (Å²) in [4.78, 5) is 24.7. The molecule has 96 valence electrons. The summed E-state index contributed by atoms with van der Waals surface area (Å²) in [5.74, 6) is -0.0946. The van der Waals surface area contributed by atoms with Crippen LogP contribution in [-0.2, 0) is 9.53 Å². The molecule has 0 aliphatic carbocycles. The van der Waals surface area contributed by atoms with Crippen molar-refractivity contribution in [1.29, 1.82) is 0 Å². The Hall–Kier alpha value is -1.03. The molecule has 5 heteroatoms. The first-order valence-corrected chi connectivity index (χ1v) is 5.91. The van der Waals surface area contributed by atoms with Crippen LogP contribution in [-0.4, -0.2) is 35.5 Å². The molecule has 0 aromatic heterocycles. The molecule has 4 nitrogen and oxygen atoms in total. The lowest BCUT2D eigenvalue weighted by atomic mass is 9.94. The fraction of sp³-hybridized carbons (Fsp3) is 0.667. The number of halogens is 1. The lowest BCUT2D eigenvalue weighted by Gasteiger charge is -2.38. The zero-order chi connectivity index (χ0) is 13.2. The number of allylic oxidation sites excluding steroid dienone is 1. The van der Waals surface area contributed by atoms with Crippen LogP contribution in [0.4, 0.5) is 4.79 Å². The van der Waals surface area contributed by atoms with Crippen molar-refractivity contribution in [3.63, 3.8) is 0 Å². The number of likely N-dealkylation sites (tertiary alicyclic amines) is 1. The van der Waals surface area contributed by atoms with Crippen LogP contribution in [0.2, 0.25) is 0 Å². The topological polar surface area (TPSA) is 46.6 Å². The van der Waals surface area contributed by atoms with Crippen LogP contribution in [0, 0.1) is 5.92 Å². The molecule has 1 rings (SSSR count). The van der Waals surface area contributed by atoms with E-state index >= 15 is 0 Å². The standard InChI is InChI=1S/C12H18ClNO3/c1-8(13)5-10(15)9-6-14(7-9)11(16)17-12(2,3)4/h9H,1,5-7H2,2-4H3. The Morgan fingerprint density at radius 3 is 2.35 bits per heavy atom. The number of hydrogen-bond donors (Lipinski definition) is 0. The minimum absolute atomic E-state index is 0.0322. The second-order valence-electron chi connectivity index (χ2n) is 5.24. The average molecular weight is 260 g/mol. The quantitative estimate of drug-likeness (QED) is 0.783. The Morgan fingerprint density at radius 2 is 1.94 bits per heavy atom. The molecule has 0 bridgehead atoms. The number of carbonyl (C=O) groups excluding carboxylic acids is 2. The van der Waals surface area contributed by atoms with Gasteiger partial charge in [-0.1, -0.05) is 18.2 Å². The molecule has 0 spiro atoms. The van der Waals surface area contributed by atoms with Crippen molar-refractivity contribution in [3.05, 3.63) is 11.6 Å². The molecule has 0 radical (unpaired) electrons. The number of nitrogens with zero attached hydrogens (tertiary/aromatic N) is 1. The summed E-state index contributed by atoms with van der Waals surface area (Å²) in [6.45, 7) is 9.74. The molecule has 1 aliphatic heterocycles. The molecule has 1 aliphatic rings. The lowest BCUT2D eigenvalue weighted by molar-refractivity contribution is -0.126. The first kappa shape index (κ1) is 14.0. The third-order valence-corrected chi connectivity index (χ3v) is 2.49. The molecule has 1 heterocycles. The van der Waals surface area contributed by atoms with Crippen LogP contribution in [0.5, 0.6) is 0 Å². The first-order chi connectivity index (χ1) is 7.69. The normalized spacial score (nSPS) is 16.4. The summed E-state index contributed by atoms with van der Waals surface area (Å²) in [6.07, 6.45) is -0.194. The zero-order valence-corrected chi connectivity index (χ0v) is 11.2. The van der Waals surface area contributed by atoms with E-state index in [1.165, 1.54) is 4.90 Å². The van der Waals surface area contributed by atoms with Crippen LogP contribution >= 0.6 is 11.6 Å². The molecule has 0 aromatic carbocycles. The Labute approximate surface area is 107 Å². The van der Waals surface area contributed by atoms with Crippen LogP contribution in [0.3, 0.4) is 0 Å². The molecule has 1 amide bonds. The van der Waals surface area contributed by atoms with Crippen molar-refractivity contribution >= 4 is 23.5 Å². The van der Waals surface area contributed by atoms with Gasteiger partial charge in [0.25, 0.3) is 0 Å². The number of amides is 1. The molecule has 17 heavy (non-hydrogen) atoms. The molecule has 1 saturated heterocycles. The SMILES string of the molecule is C=C(Cl)CC(=O)C1CN(C(=O)OC(C)(C)C)C1. The van der Waals surface area contributed by atoms with Gasteiger partial charge in [0.15, 0.2) is 0 Å². The van der Waals surface area contributed by atoms with E-state index in [0.717, 1.165) is 0 Å². The van der Waals surface area contributed by atoms with Gasteiger partial charge in [0, 0.05) is 24.5 Å². The predicted molar refractivity (Wildman–Crippen MR) is 65.9 cm³/mol. The van der Waals surface area contributed by atoms with Gasteiger partial charge in [-0.25, -0.2) is 4.79 Å². The van der Waals surface area contributed by atoms with E-state index in [2.05, 4.69) is 6.58 Å². The van der Waals surface area contributed by atoms with Crippen molar-refractivity contribution in [2.75, 3.05) is 13.1 Å². The van der Waals surface area contributed by atoms with Gasteiger partial charge < -0.3 is 9.64 Å². The van der Waals surface area contributed by atoms with Crippen molar-refractivity contribution in [2.45, 2.75) is 32.8 Å². The van der Waals surface area contributed by atoms with Gasteiger partial charge in [0.1, 0.15) is 11.4 Å². The maximum absolute atomic E-state index is 11.6. The summed E-state index contributed by atoms with van der Waals surface area (Å²) in [5, 5.41) is 0.339. The maximum Gasteiger partial charge on any atom is 0.410 e. The molecule has 0 N–H and O–H groups in total. The Bertz CT molecular complexity index is 340. The minimum Gasteiger partial charge on any atom is -0.444 e. The average Bonchev–Trinajstić information content (AvgIpc) is 1.94. The summed E-state index contributed by atoms with van der Waals surface area (Å²) in [6, 6.07) is 0. The van der Waals surface area contributed by atoms with Crippen molar-refractivity contribution < 1.29 is 14.3 Å². The summed E-state index contributed by atoms with van der Waals surface area (Å²) < 4.78 is 5.18. The minimum atomic E-state index is -0.503. The Kier molecular flexibility index (Phi) is 4.20. The highest BCUT2D eigenvalue weighted by molar-refractivity contribution is 6.30. The fourth-order valence-corrected chi connectivity index (χ4v) is 1.62. The number of ketones is 1. The van der Waals surface area contributed by atoms with E-state index in [4.69, 9.17) is 16.3 Å². The van der Waals surface area contributed by atoms with Crippen LogP contribution < -0.4 is 0 Å². The van der Waals surface area contributed by atoms with Crippen molar-refractivity contribution in [1.82, 2.24) is 4.90 Å². The molecule has 0 saturated carbocycles. The number of Topliss-reactive ketones (excluding diaryl/α,β-unsaturated/α-hetero) is 1. The molecule has 0 atom stereocenters. The lowest BCUT2D eigenvalue weighted by Crippen LogP contribution is -2.54. The number of ether oxygens (including phenoxy) is 1. The Balaban J connectivity index is 2.34. The first-order valence-electron chi connectivity index (χ1n) is 5.53. The number of rotatable bonds is 3. The number of carbonyl (C=O) groups is 2. The van der Waals surface area contributed by atoms with Crippen LogP contribution in [0.25, 0.3) is 0 Å². The van der Waals surface area contributed by atoms with Gasteiger partial charge in [-0.2, -0.15) is 0 Å². The molecular formula is C12H18ClNO3. The van der Waals surface area contributed by atoms with Gasteiger partial charge in [-0.05, 0) is 20.8 Å². The third kappa shape index (κ3) is 4.38. The fourth-order valence-electron chi connectivity index (χ4n) is 1.49. The van der Waals surface area contributed by atoms with E-state index in [-0.39, 0.29) is 24.2 Å². The van der Waals surface area contributed by atoms with E-state index in [1.807, 2.05) is 20.8 Å². The van der Waals surface area contributed by atoms with Crippen molar-refractivity contribution in [3.8, 4) is 0 Å². The zero-order valence-electron chi connectivity index (χ0n) is 10.5. The second kappa shape index (κ2) is 5.08. The molecule has 0 unspecified atom stereocenters. The third-order valence-electron chi connectivity index (χ3n) is 2.35. The summed E-state index contributed by atoms with van der Waals surface area (Å²) >= 11 is 5.56. The molecular weight excluding hydrogens is 242 g/mol. The summed E-state index contributed by atoms with van der Waals surface area (Å²) in [5.41, 5.74) is -0.503. The van der Waals surface area contributed by atoms with Gasteiger partial charge in [-0.3, -0.25) is 4.79 Å². The van der Waals surface area contributed by atoms with Gasteiger partial charge >= 0.3 is 6.09 Å². The highest BCUT2D eigenvalue weighted by Gasteiger charge is 2.37. The predicted octanol–water partition coefficient (Wildman–Crippen LogP) is 2.57. The van der Waals surface area contributed by atoms with Gasteiger partial charge in [0.05, 0.1) is 5.92 Å². The molecule has 0 aromatic rings. The maximum atomic E-state index is 11.6. The van der Waals surface area contributed by atoms with Gasteiger partial charge in [-0.15, -0.1) is 0 Å². The Morgan fingerprint density at radius 1 is 1.41 bits per heavy atom. The van der Waals surface area contributed by atoms with Crippen LogP contribution in [0.15, 0.2) is 11.6 Å². The largest absolute Gasteiger partial charge is 0.444 e. The van der Waals surface area contributed by atoms with E-state index in [1.54, 1.807) is 0 Å². The van der Waals surface area contributed by atoms with Crippen molar-refractivity contribution in [2.24, 2.45) is 5.92 Å². The van der Waals surface area contributed by atoms with E-state index in [9.17, 15) is 9.59 Å².